The fourth-order valence-corrected chi connectivity index (χ4v) is 3.41. The van der Waals surface area contributed by atoms with E-state index in [9.17, 15) is 4.79 Å². The second kappa shape index (κ2) is 4.23. The van der Waals surface area contributed by atoms with Gasteiger partial charge in [0.25, 0.3) is 0 Å². The highest BCUT2D eigenvalue weighted by atomic mass is 32.1. The van der Waals surface area contributed by atoms with Crippen molar-refractivity contribution in [2.45, 2.75) is 26.2 Å². The van der Waals surface area contributed by atoms with Crippen LogP contribution in [0.25, 0.3) is 9.75 Å². The zero-order valence-electron chi connectivity index (χ0n) is 9.85. The molecule has 2 rings (SSSR count). The van der Waals surface area contributed by atoms with E-state index in [1.54, 1.807) is 16.8 Å². The fourth-order valence-electron chi connectivity index (χ4n) is 1.44. The van der Waals surface area contributed by atoms with Gasteiger partial charge in [0.05, 0.1) is 10.4 Å². The van der Waals surface area contributed by atoms with Crippen LogP contribution in [0.5, 0.6) is 0 Å². The standard InChI is InChI=1S/C12H13NO2S2/c1-12(2,3)8-5-4-7(17-8)10-9(11(14)15)13-6-16-10/h4-6H,1-3H3,(H,14,15). The van der Waals surface area contributed by atoms with Crippen molar-refractivity contribution in [3.05, 3.63) is 28.2 Å². The lowest BCUT2D eigenvalue weighted by atomic mass is 9.95. The Morgan fingerprint density at radius 2 is 2.06 bits per heavy atom. The van der Waals surface area contributed by atoms with Gasteiger partial charge in [-0.3, -0.25) is 0 Å². The summed E-state index contributed by atoms with van der Waals surface area (Å²) < 4.78 is 0. The molecule has 90 valence electrons. The number of aromatic carboxylic acids is 1. The number of carboxylic acids is 1. The Morgan fingerprint density at radius 1 is 1.35 bits per heavy atom. The Kier molecular flexibility index (Phi) is 3.05. The van der Waals surface area contributed by atoms with Gasteiger partial charge in [0, 0.05) is 9.75 Å². The third-order valence-electron chi connectivity index (χ3n) is 2.34. The number of carboxylic acid groups (broad SMARTS) is 1. The van der Waals surface area contributed by atoms with Crippen LogP contribution in [0.3, 0.4) is 0 Å². The Labute approximate surface area is 108 Å². The van der Waals surface area contributed by atoms with Crippen LogP contribution in [0.1, 0.15) is 36.1 Å². The lowest BCUT2D eigenvalue weighted by Crippen LogP contribution is -2.07. The lowest BCUT2D eigenvalue weighted by molar-refractivity contribution is 0.0692. The van der Waals surface area contributed by atoms with Gasteiger partial charge in [-0.05, 0) is 17.5 Å². The smallest absolute Gasteiger partial charge is 0.356 e. The van der Waals surface area contributed by atoms with Crippen molar-refractivity contribution >= 4 is 28.6 Å². The molecule has 0 aliphatic carbocycles. The second-order valence-electron chi connectivity index (χ2n) is 4.75. The van der Waals surface area contributed by atoms with Gasteiger partial charge < -0.3 is 5.11 Å². The van der Waals surface area contributed by atoms with Gasteiger partial charge in [0.1, 0.15) is 0 Å². The molecule has 0 unspecified atom stereocenters. The van der Waals surface area contributed by atoms with Crippen molar-refractivity contribution in [3.8, 4) is 9.75 Å². The largest absolute Gasteiger partial charge is 0.476 e. The van der Waals surface area contributed by atoms with Gasteiger partial charge in [0.2, 0.25) is 0 Å². The monoisotopic (exact) mass is 267 g/mol. The number of thiazole rings is 1. The summed E-state index contributed by atoms with van der Waals surface area (Å²) in [5.41, 5.74) is 1.82. The molecule has 5 heteroatoms. The third-order valence-corrected chi connectivity index (χ3v) is 4.86. The molecule has 0 radical (unpaired) electrons. The predicted molar refractivity (Wildman–Crippen MR) is 71.1 cm³/mol. The van der Waals surface area contributed by atoms with Crippen LogP contribution >= 0.6 is 22.7 Å². The number of hydrogen-bond acceptors (Lipinski definition) is 4. The number of nitrogens with zero attached hydrogens (tertiary/aromatic N) is 1. The van der Waals surface area contributed by atoms with Gasteiger partial charge >= 0.3 is 5.97 Å². The van der Waals surface area contributed by atoms with Gasteiger partial charge in [-0.25, -0.2) is 9.78 Å². The highest BCUT2D eigenvalue weighted by Crippen LogP contribution is 2.37. The minimum Gasteiger partial charge on any atom is -0.476 e. The number of hydrogen-bond donors (Lipinski definition) is 1. The molecule has 2 heterocycles. The first-order valence-corrected chi connectivity index (χ1v) is 6.86. The zero-order chi connectivity index (χ0) is 12.6. The van der Waals surface area contributed by atoms with Crippen LogP contribution in [0.15, 0.2) is 17.6 Å². The molecular weight excluding hydrogens is 254 g/mol. The van der Waals surface area contributed by atoms with E-state index in [1.807, 2.05) is 6.07 Å². The van der Waals surface area contributed by atoms with Crippen molar-refractivity contribution in [1.29, 1.82) is 0 Å². The van der Waals surface area contributed by atoms with Crippen LogP contribution in [0, 0.1) is 0 Å². The average molecular weight is 267 g/mol. The summed E-state index contributed by atoms with van der Waals surface area (Å²) in [7, 11) is 0. The molecule has 0 aromatic carbocycles. The molecule has 0 fully saturated rings. The van der Waals surface area contributed by atoms with Crippen molar-refractivity contribution in [3.63, 3.8) is 0 Å². The van der Waals surface area contributed by atoms with Crippen LogP contribution < -0.4 is 0 Å². The molecule has 0 bridgehead atoms. The molecule has 2 aromatic rings. The zero-order valence-corrected chi connectivity index (χ0v) is 11.5. The minimum absolute atomic E-state index is 0.0942. The molecule has 0 aliphatic heterocycles. The molecule has 0 aliphatic rings. The Balaban J connectivity index is 2.44. The lowest BCUT2D eigenvalue weighted by Gasteiger charge is -2.15. The molecular formula is C12H13NO2S2. The maximum Gasteiger partial charge on any atom is 0.356 e. The highest BCUT2D eigenvalue weighted by Gasteiger charge is 2.20. The van der Waals surface area contributed by atoms with Crippen LogP contribution in [0.2, 0.25) is 0 Å². The maximum absolute atomic E-state index is 11.0. The normalized spacial score (nSPS) is 11.7. The Morgan fingerprint density at radius 3 is 2.59 bits per heavy atom. The second-order valence-corrected chi connectivity index (χ2v) is 6.69. The number of thiophene rings is 1. The van der Waals surface area contributed by atoms with Crippen LogP contribution in [0.4, 0.5) is 0 Å². The first-order valence-electron chi connectivity index (χ1n) is 5.17. The number of aromatic nitrogens is 1. The van der Waals surface area contributed by atoms with E-state index in [-0.39, 0.29) is 11.1 Å². The van der Waals surface area contributed by atoms with Crippen LogP contribution in [-0.2, 0) is 5.41 Å². The van der Waals surface area contributed by atoms with Gasteiger partial charge in [-0.15, -0.1) is 22.7 Å². The Bertz CT molecular complexity index is 549. The molecule has 0 saturated carbocycles. The summed E-state index contributed by atoms with van der Waals surface area (Å²) in [5.74, 6) is -0.966. The predicted octanol–water partition coefficient (Wildman–Crippen LogP) is 3.87. The van der Waals surface area contributed by atoms with Crippen molar-refractivity contribution in [2.75, 3.05) is 0 Å². The van der Waals surface area contributed by atoms with E-state index in [1.165, 1.54) is 16.2 Å². The minimum atomic E-state index is -0.966. The summed E-state index contributed by atoms with van der Waals surface area (Å²) in [6.45, 7) is 6.44. The summed E-state index contributed by atoms with van der Waals surface area (Å²) in [5, 5.41) is 9.03. The first kappa shape index (κ1) is 12.3. The highest BCUT2D eigenvalue weighted by molar-refractivity contribution is 7.21. The summed E-state index contributed by atoms with van der Waals surface area (Å²) in [6, 6.07) is 4.04. The van der Waals surface area contributed by atoms with E-state index in [0.29, 0.717) is 0 Å². The van der Waals surface area contributed by atoms with Crippen LogP contribution in [-0.4, -0.2) is 16.1 Å². The van der Waals surface area contributed by atoms with Crippen molar-refractivity contribution in [1.82, 2.24) is 4.98 Å². The third kappa shape index (κ3) is 2.40. The number of carbonyl (C=O) groups is 1. The van der Waals surface area contributed by atoms with Gasteiger partial charge in [-0.1, -0.05) is 20.8 Å². The van der Waals surface area contributed by atoms with E-state index in [4.69, 9.17) is 5.11 Å². The quantitative estimate of drug-likeness (QED) is 0.898. The fraction of sp³-hybridized carbons (Fsp3) is 0.333. The van der Waals surface area contributed by atoms with E-state index in [0.717, 1.165) is 9.75 Å². The average Bonchev–Trinajstić information content (AvgIpc) is 2.85. The first-order chi connectivity index (χ1) is 7.89. The Hall–Kier alpha value is -1.20. The van der Waals surface area contributed by atoms with Crippen molar-refractivity contribution in [2.24, 2.45) is 0 Å². The van der Waals surface area contributed by atoms with Crippen molar-refractivity contribution < 1.29 is 9.90 Å². The molecule has 0 amide bonds. The maximum atomic E-state index is 11.0. The molecule has 1 N–H and O–H groups in total. The van der Waals surface area contributed by atoms with E-state index in [2.05, 4.69) is 31.8 Å². The summed E-state index contributed by atoms with van der Waals surface area (Å²) >= 11 is 3.01. The van der Waals surface area contributed by atoms with Gasteiger partial charge in [0.15, 0.2) is 5.69 Å². The molecule has 3 nitrogen and oxygen atoms in total. The van der Waals surface area contributed by atoms with E-state index >= 15 is 0 Å². The van der Waals surface area contributed by atoms with Gasteiger partial charge in [-0.2, -0.15) is 0 Å². The molecule has 2 aromatic heterocycles. The molecule has 0 atom stereocenters. The molecule has 0 spiro atoms. The van der Waals surface area contributed by atoms with E-state index < -0.39 is 5.97 Å². The molecule has 17 heavy (non-hydrogen) atoms. The molecule has 0 saturated heterocycles. The summed E-state index contributed by atoms with van der Waals surface area (Å²) in [4.78, 5) is 17.9. The number of rotatable bonds is 2. The summed E-state index contributed by atoms with van der Waals surface area (Å²) in [6.07, 6.45) is 0. The SMILES string of the molecule is CC(C)(C)c1ccc(-c2scnc2C(=O)O)s1. The topological polar surface area (TPSA) is 50.2 Å².